The first kappa shape index (κ1) is 11.2. The number of aromatic nitrogens is 2. The Hall–Kier alpha value is -1.93. The van der Waals surface area contributed by atoms with Crippen molar-refractivity contribution in [1.29, 1.82) is 5.26 Å². The van der Waals surface area contributed by atoms with Gasteiger partial charge < -0.3 is 4.90 Å². The van der Waals surface area contributed by atoms with Gasteiger partial charge in [0.2, 0.25) is 5.13 Å². The van der Waals surface area contributed by atoms with Crippen molar-refractivity contribution in [2.45, 2.75) is 18.8 Å². The van der Waals surface area contributed by atoms with E-state index in [0.29, 0.717) is 11.5 Å². The second-order valence-electron chi connectivity index (χ2n) is 4.43. The molecular weight excluding hydrogens is 244 g/mol. The second kappa shape index (κ2) is 4.39. The molecule has 0 radical (unpaired) electrons. The number of nitrogens with zero attached hydrogens (tertiary/aromatic N) is 4. The SMILES string of the molecule is CN(c1ccc(C#N)cc1)c1nc(C2CC2)ns1. The van der Waals surface area contributed by atoms with E-state index in [1.165, 1.54) is 24.4 Å². The molecule has 0 spiro atoms. The standard InChI is InChI=1S/C13H12N4S/c1-17(11-6-2-9(8-14)3-7-11)13-15-12(16-18-13)10-4-5-10/h2-3,6-7,10H,4-5H2,1H3. The number of hydrogen-bond donors (Lipinski definition) is 0. The van der Waals surface area contributed by atoms with E-state index in [0.717, 1.165) is 16.6 Å². The fraction of sp³-hybridized carbons (Fsp3) is 0.308. The topological polar surface area (TPSA) is 52.8 Å². The highest BCUT2D eigenvalue weighted by Gasteiger charge is 2.28. The van der Waals surface area contributed by atoms with Crippen LogP contribution in [0.2, 0.25) is 0 Å². The highest BCUT2D eigenvalue weighted by molar-refractivity contribution is 7.09. The minimum Gasteiger partial charge on any atom is -0.320 e. The Bertz CT molecular complexity index is 592. The molecule has 1 aliphatic rings. The molecule has 2 aromatic rings. The number of nitriles is 1. The zero-order valence-corrected chi connectivity index (χ0v) is 10.8. The van der Waals surface area contributed by atoms with Crippen LogP contribution < -0.4 is 4.90 Å². The normalized spacial score (nSPS) is 14.2. The van der Waals surface area contributed by atoms with Crippen LogP contribution in [0.25, 0.3) is 0 Å². The molecule has 0 saturated heterocycles. The van der Waals surface area contributed by atoms with Crippen LogP contribution in [-0.4, -0.2) is 16.4 Å². The second-order valence-corrected chi connectivity index (χ2v) is 5.16. The van der Waals surface area contributed by atoms with Crippen molar-refractivity contribution in [3.05, 3.63) is 35.7 Å². The molecule has 0 amide bonds. The van der Waals surface area contributed by atoms with E-state index >= 15 is 0 Å². The Balaban J connectivity index is 1.83. The largest absolute Gasteiger partial charge is 0.320 e. The summed E-state index contributed by atoms with van der Waals surface area (Å²) in [5, 5.41) is 9.68. The van der Waals surface area contributed by atoms with Gasteiger partial charge >= 0.3 is 0 Å². The van der Waals surface area contributed by atoms with E-state index in [2.05, 4.69) is 15.4 Å². The average Bonchev–Trinajstić information content (AvgIpc) is 3.16. The summed E-state index contributed by atoms with van der Waals surface area (Å²) in [4.78, 5) is 6.56. The van der Waals surface area contributed by atoms with Gasteiger partial charge in [-0.15, -0.1) is 0 Å². The van der Waals surface area contributed by atoms with Crippen molar-refractivity contribution in [3.8, 4) is 6.07 Å². The molecule has 0 atom stereocenters. The van der Waals surface area contributed by atoms with Crippen LogP contribution in [0.5, 0.6) is 0 Å². The van der Waals surface area contributed by atoms with Gasteiger partial charge in [0, 0.05) is 30.2 Å². The molecule has 5 heteroatoms. The Morgan fingerprint density at radius 3 is 2.67 bits per heavy atom. The summed E-state index contributed by atoms with van der Waals surface area (Å²) in [7, 11) is 1.97. The molecular formula is C13H12N4S. The van der Waals surface area contributed by atoms with E-state index in [1.54, 1.807) is 0 Å². The predicted molar refractivity (Wildman–Crippen MR) is 71.1 cm³/mol. The zero-order chi connectivity index (χ0) is 12.5. The maximum Gasteiger partial charge on any atom is 0.209 e. The zero-order valence-electron chi connectivity index (χ0n) is 10.00. The van der Waals surface area contributed by atoms with Crippen molar-refractivity contribution in [2.75, 3.05) is 11.9 Å². The lowest BCUT2D eigenvalue weighted by Crippen LogP contribution is -2.08. The van der Waals surface area contributed by atoms with Crippen molar-refractivity contribution in [2.24, 2.45) is 0 Å². The van der Waals surface area contributed by atoms with Crippen molar-refractivity contribution >= 4 is 22.4 Å². The molecule has 0 bridgehead atoms. The van der Waals surface area contributed by atoms with Gasteiger partial charge in [0.25, 0.3) is 0 Å². The molecule has 3 rings (SSSR count). The number of anilines is 2. The Labute approximate surface area is 110 Å². The number of rotatable bonds is 3. The monoisotopic (exact) mass is 256 g/mol. The molecule has 4 nitrogen and oxygen atoms in total. The fourth-order valence-corrected chi connectivity index (χ4v) is 2.47. The number of hydrogen-bond acceptors (Lipinski definition) is 5. The van der Waals surface area contributed by atoms with Crippen LogP contribution in [-0.2, 0) is 0 Å². The quantitative estimate of drug-likeness (QED) is 0.847. The van der Waals surface area contributed by atoms with E-state index < -0.39 is 0 Å². The minimum absolute atomic E-state index is 0.587. The van der Waals surface area contributed by atoms with Crippen molar-refractivity contribution in [3.63, 3.8) is 0 Å². The first-order valence-electron chi connectivity index (χ1n) is 5.85. The molecule has 1 heterocycles. The van der Waals surface area contributed by atoms with Gasteiger partial charge in [-0.1, -0.05) is 0 Å². The van der Waals surface area contributed by atoms with Gasteiger partial charge in [-0.3, -0.25) is 0 Å². The maximum absolute atomic E-state index is 8.77. The molecule has 0 N–H and O–H groups in total. The molecule has 1 aliphatic carbocycles. The lowest BCUT2D eigenvalue weighted by atomic mass is 10.2. The minimum atomic E-state index is 0.587. The average molecular weight is 256 g/mol. The van der Waals surface area contributed by atoms with Crippen molar-refractivity contribution in [1.82, 2.24) is 9.36 Å². The molecule has 0 aliphatic heterocycles. The van der Waals surface area contributed by atoms with Crippen LogP contribution >= 0.6 is 11.5 Å². The smallest absolute Gasteiger partial charge is 0.209 e. The Morgan fingerprint density at radius 2 is 2.06 bits per heavy atom. The third-order valence-corrected chi connectivity index (χ3v) is 3.85. The lowest BCUT2D eigenvalue weighted by molar-refractivity contribution is 0.976. The Kier molecular flexibility index (Phi) is 2.73. The highest BCUT2D eigenvalue weighted by Crippen LogP contribution is 2.40. The first-order valence-corrected chi connectivity index (χ1v) is 6.63. The van der Waals surface area contributed by atoms with Gasteiger partial charge in [-0.05, 0) is 37.1 Å². The summed E-state index contributed by atoms with van der Waals surface area (Å²) in [6, 6.07) is 9.60. The highest BCUT2D eigenvalue weighted by atomic mass is 32.1. The fourth-order valence-electron chi connectivity index (χ4n) is 1.74. The predicted octanol–water partition coefficient (Wildman–Crippen LogP) is 3.06. The van der Waals surface area contributed by atoms with Gasteiger partial charge in [0.05, 0.1) is 11.6 Å². The van der Waals surface area contributed by atoms with Crippen LogP contribution in [0.3, 0.4) is 0 Å². The van der Waals surface area contributed by atoms with Gasteiger partial charge in [0.1, 0.15) is 5.82 Å². The molecule has 18 heavy (non-hydrogen) atoms. The van der Waals surface area contributed by atoms with E-state index in [4.69, 9.17) is 5.26 Å². The van der Waals surface area contributed by atoms with Gasteiger partial charge in [-0.25, -0.2) is 4.98 Å². The van der Waals surface area contributed by atoms with E-state index in [9.17, 15) is 0 Å². The summed E-state index contributed by atoms with van der Waals surface area (Å²) >= 11 is 1.43. The van der Waals surface area contributed by atoms with Crippen LogP contribution in [0, 0.1) is 11.3 Å². The summed E-state index contributed by atoms with van der Waals surface area (Å²) < 4.78 is 4.40. The van der Waals surface area contributed by atoms with Gasteiger partial charge in [-0.2, -0.15) is 9.64 Å². The van der Waals surface area contributed by atoms with E-state index in [-0.39, 0.29) is 0 Å². The molecule has 1 aromatic carbocycles. The molecule has 90 valence electrons. The summed E-state index contributed by atoms with van der Waals surface area (Å²) in [5.41, 5.74) is 1.69. The van der Waals surface area contributed by atoms with Crippen molar-refractivity contribution < 1.29 is 0 Å². The van der Waals surface area contributed by atoms with Crippen LogP contribution in [0.15, 0.2) is 24.3 Å². The third kappa shape index (κ3) is 2.07. The first-order chi connectivity index (χ1) is 8.78. The van der Waals surface area contributed by atoms with Crippen LogP contribution in [0.1, 0.15) is 30.1 Å². The summed E-state index contributed by atoms with van der Waals surface area (Å²) in [6.45, 7) is 0. The maximum atomic E-state index is 8.77. The van der Waals surface area contributed by atoms with E-state index in [1.807, 2.05) is 36.2 Å². The Morgan fingerprint density at radius 1 is 1.33 bits per heavy atom. The molecule has 0 unspecified atom stereocenters. The molecule has 1 saturated carbocycles. The van der Waals surface area contributed by atoms with Crippen LogP contribution in [0.4, 0.5) is 10.8 Å². The summed E-state index contributed by atoms with van der Waals surface area (Å²) in [5.74, 6) is 1.57. The molecule has 1 fully saturated rings. The number of benzene rings is 1. The molecule has 1 aromatic heterocycles. The van der Waals surface area contributed by atoms with Gasteiger partial charge in [0.15, 0.2) is 0 Å². The third-order valence-electron chi connectivity index (χ3n) is 3.04. The summed E-state index contributed by atoms with van der Waals surface area (Å²) in [6.07, 6.45) is 2.44. The lowest BCUT2D eigenvalue weighted by Gasteiger charge is -2.14.